The number of hydrogen-bond donors (Lipinski definition) is 1. The highest BCUT2D eigenvalue weighted by Crippen LogP contribution is 2.18. The molecule has 0 saturated heterocycles. The molecular formula is C12H12N2O3. The topological polar surface area (TPSA) is 62.4 Å². The minimum Gasteiger partial charge on any atom is -0.360 e. The van der Waals surface area contributed by atoms with Crippen molar-refractivity contribution in [1.82, 2.24) is 10.0 Å². The molecule has 2 aromatic rings. The zero-order chi connectivity index (χ0) is 12.4. The highest BCUT2D eigenvalue weighted by atomic mass is 16.7. The number of para-hydroxylation sites is 1. The molecule has 5 heteroatoms. The Morgan fingerprint density at radius 2 is 2.00 bits per heavy atom. The van der Waals surface area contributed by atoms with Gasteiger partial charge in [0.1, 0.15) is 0 Å². The van der Waals surface area contributed by atoms with E-state index in [-0.39, 0.29) is 0 Å². The molecule has 1 aromatic carbocycles. The van der Waals surface area contributed by atoms with Crippen LogP contribution in [0, 0.1) is 0 Å². The van der Waals surface area contributed by atoms with Crippen LogP contribution < -0.4 is 0 Å². The average molecular weight is 232 g/mol. The third kappa shape index (κ3) is 1.92. The molecule has 0 unspecified atom stereocenters. The molecule has 5 nitrogen and oxygen atoms in total. The Balaban J connectivity index is 2.40. The van der Waals surface area contributed by atoms with Gasteiger partial charge in [-0.1, -0.05) is 18.2 Å². The molecular weight excluding hydrogens is 220 g/mol. The number of nitrogens with one attached hydrogen (secondary N) is 1. The van der Waals surface area contributed by atoms with Crippen LogP contribution in [-0.2, 0) is 9.63 Å². The van der Waals surface area contributed by atoms with E-state index in [1.165, 1.54) is 20.4 Å². The molecule has 0 radical (unpaired) electrons. The quantitative estimate of drug-likeness (QED) is 0.494. The molecule has 0 aliphatic rings. The van der Waals surface area contributed by atoms with Crippen molar-refractivity contribution in [3.63, 3.8) is 0 Å². The Bertz CT molecular complexity index is 574. The molecule has 1 heterocycles. The second-order valence-electron chi connectivity index (χ2n) is 3.56. The zero-order valence-corrected chi connectivity index (χ0v) is 9.56. The van der Waals surface area contributed by atoms with Gasteiger partial charge in [-0.05, 0) is 6.07 Å². The van der Waals surface area contributed by atoms with Crippen molar-refractivity contribution in [2.45, 2.75) is 0 Å². The molecule has 17 heavy (non-hydrogen) atoms. The van der Waals surface area contributed by atoms with Gasteiger partial charge in [-0.25, -0.2) is 5.06 Å². The minimum atomic E-state index is -0.697. The van der Waals surface area contributed by atoms with Gasteiger partial charge in [-0.2, -0.15) is 0 Å². The molecule has 1 N–H and O–H groups in total. The normalized spacial score (nSPS) is 10.5. The maximum absolute atomic E-state index is 11.9. The van der Waals surface area contributed by atoms with Gasteiger partial charge in [0.15, 0.2) is 0 Å². The summed E-state index contributed by atoms with van der Waals surface area (Å²) in [5, 5.41) is 1.64. The maximum Gasteiger partial charge on any atom is 0.318 e. The van der Waals surface area contributed by atoms with Crippen LogP contribution in [-0.4, -0.2) is 35.9 Å². The predicted octanol–water partition coefficient (Wildman–Crippen LogP) is 1.37. The molecule has 1 aromatic heterocycles. The Morgan fingerprint density at radius 1 is 1.29 bits per heavy atom. The highest BCUT2D eigenvalue weighted by molar-refractivity contribution is 6.44. The monoisotopic (exact) mass is 232 g/mol. The summed E-state index contributed by atoms with van der Waals surface area (Å²) in [6, 6.07) is 7.31. The van der Waals surface area contributed by atoms with Crippen molar-refractivity contribution in [3.05, 3.63) is 36.0 Å². The third-order valence-corrected chi connectivity index (χ3v) is 2.59. The number of carbonyl (C=O) groups excluding carboxylic acids is 2. The number of carbonyl (C=O) groups is 2. The summed E-state index contributed by atoms with van der Waals surface area (Å²) in [6.07, 6.45) is 1.54. The molecule has 1 amide bonds. The number of aromatic nitrogens is 1. The zero-order valence-electron chi connectivity index (χ0n) is 9.56. The first-order valence-electron chi connectivity index (χ1n) is 5.07. The molecule has 2 rings (SSSR count). The van der Waals surface area contributed by atoms with E-state index >= 15 is 0 Å². The van der Waals surface area contributed by atoms with Gasteiger partial charge in [0.25, 0.3) is 5.78 Å². The number of H-pyrrole nitrogens is 1. The van der Waals surface area contributed by atoms with Crippen LogP contribution in [0.5, 0.6) is 0 Å². The van der Waals surface area contributed by atoms with Gasteiger partial charge in [-0.3, -0.25) is 14.4 Å². The highest BCUT2D eigenvalue weighted by Gasteiger charge is 2.23. The van der Waals surface area contributed by atoms with E-state index in [0.717, 1.165) is 16.0 Å². The first-order valence-corrected chi connectivity index (χ1v) is 5.07. The molecule has 0 bridgehead atoms. The van der Waals surface area contributed by atoms with Gasteiger partial charge in [-0.15, -0.1) is 0 Å². The predicted molar refractivity (Wildman–Crippen MR) is 62.4 cm³/mol. The van der Waals surface area contributed by atoms with E-state index < -0.39 is 11.7 Å². The van der Waals surface area contributed by atoms with Crippen LogP contribution in [0.2, 0.25) is 0 Å². The number of nitrogens with zero attached hydrogens (tertiary/aromatic N) is 1. The fourth-order valence-corrected chi connectivity index (χ4v) is 1.60. The van der Waals surface area contributed by atoms with E-state index in [4.69, 9.17) is 4.84 Å². The average Bonchev–Trinajstić information content (AvgIpc) is 2.79. The molecule has 0 fully saturated rings. The Labute approximate surface area is 97.9 Å². The molecule has 88 valence electrons. The lowest BCUT2D eigenvalue weighted by Gasteiger charge is -2.11. The molecule has 0 spiro atoms. The first kappa shape index (κ1) is 11.3. The van der Waals surface area contributed by atoms with Crippen LogP contribution in [0.3, 0.4) is 0 Å². The van der Waals surface area contributed by atoms with Crippen molar-refractivity contribution < 1.29 is 14.4 Å². The number of rotatable bonds is 3. The lowest BCUT2D eigenvalue weighted by atomic mass is 10.1. The molecule has 0 saturated carbocycles. The first-order chi connectivity index (χ1) is 8.15. The summed E-state index contributed by atoms with van der Waals surface area (Å²) < 4.78 is 0. The number of likely N-dealkylation sites (N-methyl/N-ethyl adjacent to an activating group) is 1. The number of amides is 1. The van der Waals surface area contributed by atoms with Crippen LogP contribution in [0.25, 0.3) is 10.9 Å². The molecule has 0 aliphatic carbocycles. The minimum absolute atomic E-state index is 0.356. The Kier molecular flexibility index (Phi) is 2.93. The largest absolute Gasteiger partial charge is 0.360 e. The van der Waals surface area contributed by atoms with Gasteiger partial charge in [0.2, 0.25) is 0 Å². The van der Waals surface area contributed by atoms with E-state index in [9.17, 15) is 9.59 Å². The summed E-state index contributed by atoms with van der Waals surface area (Å²) in [6.45, 7) is 0. The second kappa shape index (κ2) is 4.39. The Morgan fingerprint density at radius 3 is 2.71 bits per heavy atom. The van der Waals surface area contributed by atoms with Gasteiger partial charge < -0.3 is 4.98 Å². The number of hydroxylamine groups is 2. The number of hydrogen-bond acceptors (Lipinski definition) is 3. The van der Waals surface area contributed by atoms with E-state index in [0.29, 0.717) is 5.56 Å². The van der Waals surface area contributed by atoms with Gasteiger partial charge >= 0.3 is 5.91 Å². The summed E-state index contributed by atoms with van der Waals surface area (Å²) in [5.41, 5.74) is 1.18. The summed E-state index contributed by atoms with van der Waals surface area (Å²) in [4.78, 5) is 31.2. The summed E-state index contributed by atoms with van der Waals surface area (Å²) in [5.74, 6) is -1.29. The van der Waals surface area contributed by atoms with Crippen LogP contribution in [0.1, 0.15) is 10.4 Å². The number of benzene rings is 1. The second-order valence-corrected chi connectivity index (χ2v) is 3.56. The van der Waals surface area contributed by atoms with E-state index in [2.05, 4.69) is 4.98 Å². The van der Waals surface area contributed by atoms with Crippen LogP contribution in [0.4, 0.5) is 0 Å². The van der Waals surface area contributed by atoms with Crippen molar-refractivity contribution in [2.24, 2.45) is 0 Å². The van der Waals surface area contributed by atoms with Crippen molar-refractivity contribution in [3.8, 4) is 0 Å². The lowest BCUT2D eigenvalue weighted by molar-refractivity contribution is -0.162. The van der Waals surface area contributed by atoms with Crippen LogP contribution >= 0.6 is 0 Å². The van der Waals surface area contributed by atoms with Crippen molar-refractivity contribution in [2.75, 3.05) is 14.2 Å². The number of ketones is 1. The maximum atomic E-state index is 11.9. The number of fused-ring (bicyclic) bond motifs is 1. The fraction of sp³-hybridized carbons (Fsp3) is 0.167. The standard InChI is InChI=1S/C12H12N2O3/c1-14(17-2)12(16)11(15)9-7-13-10-6-4-3-5-8(9)10/h3-7,13H,1-2H3. The molecule has 0 atom stereocenters. The number of aromatic amines is 1. The molecule has 0 aliphatic heterocycles. The van der Waals surface area contributed by atoms with Crippen LogP contribution in [0.15, 0.2) is 30.5 Å². The summed E-state index contributed by atoms with van der Waals surface area (Å²) in [7, 11) is 2.73. The van der Waals surface area contributed by atoms with Crippen molar-refractivity contribution in [1.29, 1.82) is 0 Å². The fourth-order valence-electron chi connectivity index (χ4n) is 1.60. The van der Waals surface area contributed by atoms with Gasteiger partial charge in [0.05, 0.1) is 12.7 Å². The SMILES string of the molecule is CON(C)C(=O)C(=O)c1c[nH]c2ccccc12. The number of Topliss-reactive ketones (excluding diaryl/α,β-unsaturated/α-hetero) is 1. The summed E-state index contributed by atoms with van der Waals surface area (Å²) >= 11 is 0. The lowest BCUT2D eigenvalue weighted by Crippen LogP contribution is -2.32. The third-order valence-electron chi connectivity index (χ3n) is 2.59. The van der Waals surface area contributed by atoms with E-state index in [1.54, 1.807) is 6.07 Å². The Hall–Kier alpha value is -2.14. The van der Waals surface area contributed by atoms with Crippen molar-refractivity contribution >= 4 is 22.6 Å². The smallest absolute Gasteiger partial charge is 0.318 e. The van der Waals surface area contributed by atoms with E-state index in [1.807, 2.05) is 18.2 Å². The van der Waals surface area contributed by atoms with Gasteiger partial charge in [0, 0.05) is 24.1 Å².